The third-order valence-corrected chi connectivity index (χ3v) is 5.41. The number of carbonyl (C=O) groups is 1. The van der Waals surface area contributed by atoms with Crippen molar-refractivity contribution in [2.75, 3.05) is 5.32 Å². The number of nitrogens with zero attached hydrogens (tertiary/aromatic N) is 1. The zero-order valence-corrected chi connectivity index (χ0v) is 18.4. The Labute approximate surface area is 193 Å². The number of nitrogens with one attached hydrogen (secondary N) is 2. The number of aryl methyl sites for hydroxylation is 1. The molecule has 6 nitrogen and oxygen atoms in total. The highest BCUT2D eigenvalue weighted by atomic mass is 35.5. The fourth-order valence-corrected chi connectivity index (χ4v) is 3.74. The average Bonchev–Trinajstić information content (AvgIpc) is 3.38. The van der Waals surface area contributed by atoms with Crippen molar-refractivity contribution in [2.24, 2.45) is 0 Å². The molecule has 0 bridgehead atoms. The second kappa shape index (κ2) is 8.11. The van der Waals surface area contributed by atoms with E-state index in [9.17, 15) is 4.79 Å². The smallest absolute Gasteiger partial charge is 0.293 e. The molecule has 1 amide bonds. The van der Waals surface area contributed by atoms with Gasteiger partial charge in [0.25, 0.3) is 5.91 Å². The van der Waals surface area contributed by atoms with Gasteiger partial charge in [-0.15, -0.1) is 0 Å². The third-order valence-electron chi connectivity index (χ3n) is 4.87. The van der Waals surface area contributed by atoms with E-state index in [-0.39, 0.29) is 10.9 Å². The van der Waals surface area contributed by atoms with Crippen molar-refractivity contribution in [2.45, 2.75) is 6.92 Å². The molecular formula is C24H16ClN3O3S. The summed E-state index contributed by atoms with van der Waals surface area (Å²) in [6.07, 6.45) is 0. The maximum absolute atomic E-state index is 12.5. The van der Waals surface area contributed by atoms with E-state index in [1.54, 1.807) is 30.3 Å². The molecule has 0 aliphatic heterocycles. The first-order chi connectivity index (χ1) is 15.5. The van der Waals surface area contributed by atoms with Crippen LogP contribution in [0.4, 0.5) is 5.69 Å². The van der Waals surface area contributed by atoms with E-state index >= 15 is 0 Å². The van der Waals surface area contributed by atoms with Crippen LogP contribution in [0.2, 0.25) is 5.02 Å². The van der Waals surface area contributed by atoms with E-state index < -0.39 is 5.91 Å². The molecule has 0 atom stereocenters. The molecule has 0 saturated carbocycles. The molecule has 5 aromatic rings. The summed E-state index contributed by atoms with van der Waals surface area (Å²) in [6, 6.07) is 20.1. The minimum absolute atomic E-state index is 0.122. The zero-order valence-electron chi connectivity index (χ0n) is 16.8. The number of aromatic nitrogens is 1. The van der Waals surface area contributed by atoms with E-state index in [1.165, 1.54) is 0 Å². The van der Waals surface area contributed by atoms with Gasteiger partial charge in [-0.05, 0) is 67.2 Å². The Morgan fingerprint density at radius 3 is 2.69 bits per heavy atom. The Morgan fingerprint density at radius 2 is 1.84 bits per heavy atom. The van der Waals surface area contributed by atoms with E-state index in [0.717, 1.165) is 16.5 Å². The number of thiocarbonyl (C=S) groups is 1. The van der Waals surface area contributed by atoms with E-state index in [0.29, 0.717) is 33.3 Å². The number of hydrogen-bond donors (Lipinski definition) is 2. The summed E-state index contributed by atoms with van der Waals surface area (Å²) < 4.78 is 11.5. The van der Waals surface area contributed by atoms with Crippen LogP contribution in [0.1, 0.15) is 16.1 Å². The van der Waals surface area contributed by atoms with Crippen molar-refractivity contribution >= 4 is 62.6 Å². The number of para-hydroxylation sites is 1. The number of amides is 1. The second-order valence-electron chi connectivity index (χ2n) is 7.24. The average molecular weight is 462 g/mol. The lowest BCUT2D eigenvalue weighted by Crippen LogP contribution is -2.33. The monoisotopic (exact) mass is 461 g/mol. The first kappa shape index (κ1) is 20.2. The molecule has 8 heteroatoms. The SMILES string of the molecule is Cc1ccc2nc(-c3cc(NC(=S)NC(=O)c4cc5ccccc5o4)ccc3Cl)oc2c1. The highest BCUT2D eigenvalue weighted by Crippen LogP contribution is 2.32. The normalized spacial score (nSPS) is 11.1. The van der Waals surface area contributed by atoms with Gasteiger partial charge in [0, 0.05) is 11.1 Å². The van der Waals surface area contributed by atoms with Gasteiger partial charge in [-0.3, -0.25) is 10.1 Å². The fraction of sp³-hybridized carbons (Fsp3) is 0.0417. The van der Waals surface area contributed by atoms with E-state index in [2.05, 4.69) is 15.6 Å². The van der Waals surface area contributed by atoms with Gasteiger partial charge in [-0.2, -0.15) is 0 Å². The third kappa shape index (κ3) is 3.95. The van der Waals surface area contributed by atoms with E-state index in [4.69, 9.17) is 32.7 Å². The molecule has 0 aliphatic rings. The Balaban J connectivity index is 1.34. The van der Waals surface area contributed by atoms with Crippen LogP contribution in [-0.4, -0.2) is 16.0 Å². The van der Waals surface area contributed by atoms with Gasteiger partial charge in [0.05, 0.1) is 10.6 Å². The van der Waals surface area contributed by atoms with Crippen LogP contribution < -0.4 is 10.6 Å². The predicted molar refractivity (Wildman–Crippen MR) is 129 cm³/mol. The highest BCUT2D eigenvalue weighted by Gasteiger charge is 2.16. The number of benzene rings is 3. The number of carbonyl (C=O) groups excluding carboxylic acids is 1. The summed E-state index contributed by atoms with van der Waals surface area (Å²) in [4.78, 5) is 17.0. The zero-order chi connectivity index (χ0) is 22.2. The number of furan rings is 1. The van der Waals surface area contributed by atoms with Crippen LogP contribution in [0, 0.1) is 6.92 Å². The van der Waals surface area contributed by atoms with Crippen molar-refractivity contribution in [1.29, 1.82) is 0 Å². The van der Waals surface area contributed by atoms with Crippen molar-refractivity contribution in [1.82, 2.24) is 10.3 Å². The van der Waals surface area contributed by atoms with Gasteiger partial charge < -0.3 is 14.2 Å². The number of halogens is 1. The lowest BCUT2D eigenvalue weighted by molar-refractivity contribution is 0.0953. The molecule has 2 N–H and O–H groups in total. The van der Waals surface area contributed by atoms with Gasteiger partial charge in [0.2, 0.25) is 5.89 Å². The number of rotatable bonds is 3. The Morgan fingerprint density at radius 1 is 1.00 bits per heavy atom. The van der Waals surface area contributed by atoms with Gasteiger partial charge in [-0.25, -0.2) is 4.98 Å². The lowest BCUT2D eigenvalue weighted by Gasteiger charge is -2.10. The Hall–Kier alpha value is -3.68. The second-order valence-corrected chi connectivity index (χ2v) is 8.06. The van der Waals surface area contributed by atoms with Crippen molar-refractivity contribution in [3.8, 4) is 11.5 Å². The summed E-state index contributed by atoms with van der Waals surface area (Å²) in [5.74, 6) is 0.132. The standard InChI is InChI=1S/C24H16ClN3O3S/c1-13-6-9-18-20(10-13)31-23(27-18)16-12-15(7-8-17(16)25)26-24(32)28-22(29)21-11-14-4-2-3-5-19(14)30-21/h2-12H,1H3,(H2,26,28,29,32). The maximum atomic E-state index is 12.5. The summed E-state index contributed by atoms with van der Waals surface area (Å²) in [5.41, 5.74) is 4.37. The molecule has 0 fully saturated rings. The number of anilines is 1. The Bertz CT molecular complexity index is 1470. The summed E-state index contributed by atoms with van der Waals surface area (Å²) >= 11 is 11.7. The molecule has 2 heterocycles. The molecular weight excluding hydrogens is 446 g/mol. The first-order valence-electron chi connectivity index (χ1n) is 9.74. The molecule has 2 aromatic heterocycles. The summed E-state index contributed by atoms with van der Waals surface area (Å²) in [5, 5.41) is 7.05. The van der Waals surface area contributed by atoms with Gasteiger partial charge >= 0.3 is 0 Å². The molecule has 5 rings (SSSR count). The minimum Gasteiger partial charge on any atom is -0.451 e. The highest BCUT2D eigenvalue weighted by molar-refractivity contribution is 7.80. The van der Waals surface area contributed by atoms with Crippen LogP contribution in [0.15, 0.2) is 75.6 Å². The molecule has 0 unspecified atom stereocenters. The Kier molecular flexibility index (Phi) is 5.13. The van der Waals surface area contributed by atoms with Gasteiger partial charge in [-0.1, -0.05) is 35.9 Å². The maximum Gasteiger partial charge on any atom is 0.293 e. The molecule has 0 spiro atoms. The van der Waals surface area contributed by atoms with Crippen molar-refractivity contribution in [3.63, 3.8) is 0 Å². The number of fused-ring (bicyclic) bond motifs is 2. The molecule has 158 valence electrons. The number of oxazole rings is 1. The van der Waals surface area contributed by atoms with Gasteiger partial charge in [0.1, 0.15) is 11.1 Å². The molecule has 3 aromatic carbocycles. The van der Waals surface area contributed by atoms with Crippen molar-refractivity contribution in [3.05, 3.63) is 83.1 Å². The lowest BCUT2D eigenvalue weighted by atomic mass is 10.2. The van der Waals surface area contributed by atoms with Crippen LogP contribution >= 0.6 is 23.8 Å². The van der Waals surface area contributed by atoms with Crippen LogP contribution in [0.25, 0.3) is 33.5 Å². The molecule has 0 radical (unpaired) electrons. The summed E-state index contributed by atoms with van der Waals surface area (Å²) in [6.45, 7) is 1.99. The molecule has 32 heavy (non-hydrogen) atoms. The van der Waals surface area contributed by atoms with Crippen LogP contribution in [0.3, 0.4) is 0 Å². The fourth-order valence-electron chi connectivity index (χ4n) is 3.33. The minimum atomic E-state index is -0.442. The largest absolute Gasteiger partial charge is 0.451 e. The van der Waals surface area contributed by atoms with Crippen molar-refractivity contribution < 1.29 is 13.6 Å². The topological polar surface area (TPSA) is 80.3 Å². The van der Waals surface area contributed by atoms with Crippen LogP contribution in [0.5, 0.6) is 0 Å². The summed E-state index contributed by atoms with van der Waals surface area (Å²) in [7, 11) is 0. The quantitative estimate of drug-likeness (QED) is 0.305. The first-order valence-corrected chi connectivity index (χ1v) is 10.5. The van der Waals surface area contributed by atoms with Crippen LogP contribution in [-0.2, 0) is 0 Å². The van der Waals surface area contributed by atoms with Gasteiger partial charge in [0.15, 0.2) is 16.5 Å². The number of hydrogen-bond acceptors (Lipinski definition) is 5. The molecule has 0 aliphatic carbocycles. The predicted octanol–water partition coefficient (Wildman–Crippen LogP) is 6.33. The molecule has 0 saturated heterocycles. The van der Waals surface area contributed by atoms with E-state index in [1.807, 2.05) is 43.3 Å².